The molecule has 1 rings (SSSR count). The van der Waals surface area contributed by atoms with Gasteiger partial charge < -0.3 is 10.1 Å². The first-order valence-electron chi connectivity index (χ1n) is 5.30. The van der Waals surface area contributed by atoms with Crippen molar-refractivity contribution in [2.45, 2.75) is 26.3 Å². The molecule has 1 atom stereocenters. The zero-order valence-electron chi connectivity index (χ0n) is 10.4. The Labute approximate surface area is 100 Å². The first-order valence-corrected chi connectivity index (χ1v) is 5.30. The van der Waals surface area contributed by atoms with Crippen LogP contribution < -0.4 is 15.0 Å². The van der Waals surface area contributed by atoms with Gasteiger partial charge in [-0.25, -0.2) is 4.90 Å². The topological polar surface area (TPSA) is 87.0 Å². The molecule has 92 valence electrons. The van der Waals surface area contributed by atoms with Gasteiger partial charge in [0.2, 0.25) is 11.9 Å². The van der Waals surface area contributed by atoms with Crippen LogP contribution in [0.3, 0.4) is 0 Å². The van der Waals surface area contributed by atoms with Gasteiger partial charge in [-0.1, -0.05) is 6.92 Å². The van der Waals surface area contributed by atoms with Crippen molar-refractivity contribution in [3.8, 4) is 12.2 Å². The minimum atomic E-state index is 0.183. The van der Waals surface area contributed by atoms with Crippen LogP contribution in [0.2, 0.25) is 0 Å². The third kappa shape index (κ3) is 3.45. The number of rotatable bonds is 5. The Balaban J connectivity index is 3.01. The number of hydrogen-bond acceptors (Lipinski definition) is 7. The summed E-state index contributed by atoms with van der Waals surface area (Å²) in [5.41, 5.74) is 0. The molecular weight excluding hydrogens is 220 g/mol. The maximum absolute atomic E-state index is 8.79. The molecule has 0 spiro atoms. The quantitative estimate of drug-likeness (QED) is 0.603. The summed E-state index contributed by atoms with van der Waals surface area (Å²) in [4.78, 5) is 13.4. The van der Waals surface area contributed by atoms with Crippen molar-refractivity contribution in [1.29, 1.82) is 5.26 Å². The second-order valence-electron chi connectivity index (χ2n) is 3.56. The van der Waals surface area contributed by atoms with Crippen molar-refractivity contribution in [2.75, 3.05) is 24.4 Å². The third-order valence-electron chi connectivity index (χ3n) is 2.22. The van der Waals surface area contributed by atoms with Gasteiger partial charge in [0.15, 0.2) is 6.19 Å². The Morgan fingerprint density at radius 1 is 1.47 bits per heavy atom. The molecule has 1 N–H and O–H groups in total. The fraction of sp³-hybridized carbons (Fsp3) is 0.600. The van der Waals surface area contributed by atoms with Gasteiger partial charge >= 0.3 is 6.01 Å². The molecule has 17 heavy (non-hydrogen) atoms. The molecule has 1 heterocycles. The summed E-state index contributed by atoms with van der Waals surface area (Å²) in [6, 6.07) is 0.422. The molecule has 0 bridgehead atoms. The van der Waals surface area contributed by atoms with Crippen LogP contribution in [0, 0.1) is 11.5 Å². The van der Waals surface area contributed by atoms with Crippen LogP contribution >= 0.6 is 0 Å². The van der Waals surface area contributed by atoms with E-state index in [1.54, 1.807) is 7.05 Å². The summed E-state index contributed by atoms with van der Waals surface area (Å²) in [6.45, 7) is 4.07. The zero-order chi connectivity index (χ0) is 12.8. The number of nitrogens with one attached hydrogen (secondary N) is 1. The van der Waals surface area contributed by atoms with Crippen LogP contribution in [-0.4, -0.2) is 35.2 Å². The highest BCUT2D eigenvalue weighted by molar-refractivity contribution is 5.41. The van der Waals surface area contributed by atoms with Crippen LogP contribution in [0.4, 0.5) is 11.9 Å². The number of anilines is 2. The zero-order valence-corrected chi connectivity index (χ0v) is 10.4. The summed E-state index contributed by atoms with van der Waals surface area (Å²) in [5, 5.41) is 11.9. The lowest BCUT2D eigenvalue weighted by Gasteiger charge is -2.13. The van der Waals surface area contributed by atoms with Gasteiger partial charge in [0.1, 0.15) is 0 Å². The second-order valence-corrected chi connectivity index (χ2v) is 3.56. The predicted octanol–water partition coefficient (Wildman–Crippen LogP) is 1.01. The van der Waals surface area contributed by atoms with Crippen molar-refractivity contribution in [3.05, 3.63) is 0 Å². The molecule has 7 nitrogen and oxygen atoms in total. The van der Waals surface area contributed by atoms with Gasteiger partial charge in [0, 0.05) is 13.1 Å². The van der Waals surface area contributed by atoms with Crippen molar-refractivity contribution >= 4 is 11.9 Å². The lowest BCUT2D eigenvalue weighted by molar-refractivity contribution is 0.379. The largest absolute Gasteiger partial charge is 0.467 e. The van der Waals surface area contributed by atoms with E-state index in [2.05, 4.69) is 27.2 Å². The molecule has 1 aromatic heterocycles. The molecular formula is C10H16N6O. The van der Waals surface area contributed by atoms with E-state index < -0.39 is 0 Å². The Morgan fingerprint density at radius 3 is 2.71 bits per heavy atom. The number of nitriles is 1. The normalized spacial score (nSPS) is 11.5. The SMILES string of the molecule is CCC(C)Nc1nc(OC)nc(N(C)C#N)n1. The Kier molecular flexibility index (Phi) is 4.46. The Bertz CT molecular complexity index is 416. The fourth-order valence-corrected chi connectivity index (χ4v) is 1.02. The molecule has 0 saturated heterocycles. The van der Waals surface area contributed by atoms with Crippen molar-refractivity contribution in [2.24, 2.45) is 0 Å². The summed E-state index contributed by atoms with van der Waals surface area (Å²) in [5.74, 6) is 0.661. The molecule has 0 amide bonds. The van der Waals surface area contributed by atoms with Crippen molar-refractivity contribution in [1.82, 2.24) is 15.0 Å². The highest BCUT2D eigenvalue weighted by atomic mass is 16.5. The maximum Gasteiger partial charge on any atom is 0.322 e. The second kappa shape index (κ2) is 5.84. The average molecular weight is 236 g/mol. The smallest absolute Gasteiger partial charge is 0.322 e. The number of methoxy groups -OCH3 is 1. The maximum atomic E-state index is 8.79. The molecule has 1 unspecified atom stereocenters. The number of ether oxygens (including phenoxy) is 1. The van der Waals surface area contributed by atoms with Crippen molar-refractivity contribution < 1.29 is 4.74 Å². The molecule has 0 fully saturated rings. The predicted molar refractivity (Wildman–Crippen MR) is 63.8 cm³/mol. The van der Waals surface area contributed by atoms with Gasteiger partial charge in [0.05, 0.1) is 7.11 Å². The molecule has 7 heteroatoms. The summed E-state index contributed by atoms with van der Waals surface area (Å²) in [7, 11) is 3.04. The lowest BCUT2D eigenvalue weighted by atomic mass is 10.3. The van der Waals surface area contributed by atoms with E-state index in [-0.39, 0.29) is 18.0 Å². The Hall–Kier alpha value is -2.10. The summed E-state index contributed by atoms with van der Waals surface area (Å²) < 4.78 is 4.97. The van der Waals surface area contributed by atoms with E-state index in [4.69, 9.17) is 10.00 Å². The van der Waals surface area contributed by atoms with Gasteiger partial charge in [-0.2, -0.15) is 20.2 Å². The van der Waals surface area contributed by atoms with E-state index in [0.717, 1.165) is 6.42 Å². The number of nitrogens with zero attached hydrogens (tertiary/aromatic N) is 5. The summed E-state index contributed by atoms with van der Waals surface area (Å²) in [6.07, 6.45) is 2.87. The van der Waals surface area contributed by atoms with Gasteiger partial charge in [0.25, 0.3) is 0 Å². The number of hydrogen-bond donors (Lipinski definition) is 1. The van der Waals surface area contributed by atoms with E-state index in [9.17, 15) is 0 Å². The van der Waals surface area contributed by atoms with Crippen molar-refractivity contribution in [3.63, 3.8) is 0 Å². The fourth-order valence-electron chi connectivity index (χ4n) is 1.02. The molecule has 1 aromatic rings. The molecule has 0 radical (unpaired) electrons. The van der Waals surface area contributed by atoms with Gasteiger partial charge in [-0.05, 0) is 13.3 Å². The lowest BCUT2D eigenvalue weighted by Crippen LogP contribution is -2.19. The minimum absolute atomic E-state index is 0.183. The highest BCUT2D eigenvalue weighted by Crippen LogP contribution is 2.14. The van der Waals surface area contributed by atoms with Crippen LogP contribution in [0.25, 0.3) is 0 Å². The minimum Gasteiger partial charge on any atom is -0.467 e. The van der Waals surface area contributed by atoms with Crippen LogP contribution in [0.1, 0.15) is 20.3 Å². The van der Waals surface area contributed by atoms with E-state index in [1.807, 2.05) is 13.1 Å². The molecule has 0 aliphatic carbocycles. The average Bonchev–Trinajstić information content (AvgIpc) is 2.36. The first-order chi connectivity index (χ1) is 8.10. The molecule has 0 aliphatic heterocycles. The van der Waals surface area contributed by atoms with E-state index in [1.165, 1.54) is 12.0 Å². The number of aromatic nitrogens is 3. The third-order valence-corrected chi connectivity index (χ3v) is 2.22. The van der Waals surface area contributed by atoms with Crippen LogP contribution in [-0.2, 0) is 0 Å². The first kappa shape index (κ1) is 13.0. The Morgan fingerprint density at radius 2 is 2.18 bits per heavy atom. The molecule has 0 aliphatic rings. The van der Waals surface area contributed by atoms with Gasteiger partial charge in [-0.3, -0.25) is 0 Å². The highest BCUT2D eigenvalue weighted by Gasteiger charge is 2.11. The summed E-state index contributed by atoms with van der Waals surface area (Å²) >= 11 is 0. The van der Waals surface area contributed by atoms with E-state index >= 15 is 0 Å². The van der Waals surface area contributed by atoms with Crippen LogP contribution in [0.15, 0.2) is 0 Å². The van der Waals surface area contributed by atoms with Crippen LogP contribution in [0.5, 0.6) is 6.01 Å². The van der Waals surface area contributed by atoms with E-state index in [0.29, 0.717) is 5.95 Å². The molecule has 0 saturated carbocycles. The standard InChI is InChI=1S/C10H16N6O/c1-5-7(2)12-8-13-9(16(3)6-11)15-10(14-8)17-4/h7H,5H2,1-4H3,(H,12,13,14,15). The molecule has 0 aromatic carbocycles. The monoisotopic (exact) mass is 236 g/mol. The van der Waals surface area contributed by atoms with Gasteiger partial charge in [-0.15, -0.1) is 0 Å².